The molecule has 0 fully saturated rings. The van der Waals surface area contributed by atoms with Crippen molar-refractivity contribution in [1.82, 2.24) is 10.6 Å². The van der Waals surface area contributed by atoms with E-state index in [1.807, 2.05) is 6.07 Å². The quantitative estimate of drug-likeness (QED) is 0.507. The van der Waals surface area contributed by atoms with E-state index in [4.69, 9.17) is 4.74 Å². The molecule has 0 bridgehead atoms. The highest BCUT2D eigenvalue weighted by atomic mass is 19.4. The first-order valence-electron chi connectivity index (χ1n) is 11.1. The Hall–Kier alpha value is -3.74. The highest BCUT2D eigenvalue weighted by molar-refractivity contribution is 6.06. The standard InChI is InChI=1S/C24H24F5N3O5/c1-14(37-22(35)30-13-23(25,26)24(27,28)29)20(33)31-19-17-9-4-3-7-15(17)16-8-5-6-10-18(16)32(21(19)34)11-12-36-2/h3-10,14,19H,11-13H2,1-2H3,(H,30,35)(H,31,33)/t14-,19-/m0/s1. The number of carbonyl (C=O) groups is 3. The molecule has 0 spiro atoms. The lowest BCUT2D eigenvalue weighted by molar-refractivity contribution is -0.278. The largest absolute Gasteiger partial charge is 0.455 e. The predicted octanol–water partition coefficient (Wildman–Crippen LogP) is 3.82. The van der Waals surface area contributed by atoms with Crippen LogP contribution in [0.1, 0.15) is 18.5 Å². The van der Waals surface area contributed by atoms with Crippen LogP contribution in [0.2, 0.25) is 0 Å². The van der Waals surface area contributed by atoms with E-state index in [1.54, 1.807) is 42.5 Å². The third kappa shape index (κ3) is 6.16. The Balaban J connectivity index is 1.80. The van der Waals surface area contributed by atoms with Gasteiger partial charge in [-0.25, -0.2) is 4.79 Å². The topological polar surface area (TPSA) is 97.0 Å². The van der Waals surface area contributed by atoms with E-state index in [2.05, 4.69) is 10.1 Å². The molecular weight excluding hydrogens is 505 g/mol. The van der Waals surface area contributed by atoms with Crippen molar-refractivity contribution in [3.05, 3.63) is 54.1 Å². The van der Waals surface area contributed by atoms with Gasteiger partial charge in [-0.2, -0.15) is 22.0 Å². The molecule has 1 heterocycles. The van der Waals surface area contributed by atoms with E-state index >= 15 is 0 Å². The number of carbonyl (C=O) groups excluding carboxylic acids is 3. The Morgan fingerprint density at radius 3 is 2.30 bits per heavy atom. The molecule has 2 aromatic rings. The van der Waals surface area contributed by atoms with Crippen LogP contribution in [0.15, 0.2) is 48.5 Å². The van der Waals surface area contributed by atoms with Crippen molar-refractivity contribution in [3.8, 4) is 11.1 Å². The van der Waals surface area contributed by atoms with Crippen LogP contribution < -0.4 is 15.5 Å². The third-order valence-corrected chi connectivity index (χ3v) is 5.60. The SMILES string of the molecule is COCCN1C(=O)[C@@H](NC(=O)[C@H](C)OC(=O)NCC(F)(F)C(F)(F)F)c2ccccc2-c2ccccc21. The summed E-state index contributed by atoms with van der Waals surface area (Å²) in [5, 5.41) is 3.80. The van der Waals surface area contributed by atoms with Gasteiger partial charge in [0.25, 0.3) is 11.8 Å². The maximum Gasteiger partial charge on any atom is 0.455 e. The number of anilines is 1. The van der Waals surface area contributed by atoms with Crippen molar-refractivity contribution in [1.29, 1.82) is 0 Å². The Morgan fingerprint density at radius 1 is 1.03 bits per heavy atom. The lowest BCUT2D eigenvalue weighted by Gasteiger charge is -2.27. The lowest BCUT2D eigenvalue weighted by atomic mass is 9.95. The van der Waals surface area contributed by atoms with Crippen LogP contribution in [0.5, 0.6) is 0 Å². The van der Waals surface area contributed by atoms with Gasteiger partial charge in [-0.1, -0.05) is 42.5 Å². The Kier molecular flexibility index (Phi) is 8.36. The summed E-state index contributed by atoms with van der Waals surface area (Å²) in [7, 11) is 1.47. The minimum atomic E-state index is -5.87. The fourth-order valence-corrected chi connectivity index (χ4v) is 3.69. The van der Waals surface area contributed by atoms with E-state index in [9.17, 15) is 36.3 Å². The highest BCUT2D eigenvalue weighted by Crippen LogP contribution is 2.40. The van der Waals surface area contributed by atoms with Gasteiger partial charge in [-0.05, 0) is 24.1 Å². The van der Waals surface area contributed by atoms with E-state index in [0.717, 1.165) is 12.5 Å². The molecule has 200 valence electrons. The zero-order valence-electron chi connectivity index (χ0n) is 19.8. The van der Waals surface area contributed by atoms with Crippen molar-refractivity contribution in [2.75, 3.05) is 31.7 Å². The van der Waals surface area contributed by atoms with Crippen LogP contribution in [0.25, 0.3) is 11.1 Å². The maximum absolute atomic E-state index is 13.6. The van der Waals surface area contributed by atoms with Gasteiger partial charge in [0, 0.05) is 19.2 Å². The zero-order chi connectivity index (χ0) is 27.4. The van der Waals surface area contributed by atoms with Gasteiger partial charge in [0.1, 0.15) is 6.04 Å². The van der Waals surface area contributed by atoms with Crippen molar-refractivity contribution in [3.63, 3.8) is 0 Å². The first-order valence-corrected chi connectivity index (χ1v) is 11.1. The monoisotopic (exact) mass is 529 g/mol. The third-order valence-electron chi connectivity index (χ3n) is 5.60. The fraction of sp³-hybridized carbons (Fsp3) is 0.375. The first kappa shape index (κ1) is 27.8. The molecule has 0 aromatic heterocycles. The number of alkyl halides is 5. The second-order valence-corrected chi connectivity index (χ2v) is 8.13. The molecule has 2 atom stereocenters. The van der Waals surface area contributed by atoms with Gasteiger partial charge >= 0.3 is 18.2 Å². The molecule has 0 saturated heterocycles. The summed E-state index contributed by atoms with van der Waals surface area (Å²) in [5.41, 5.74) is 2.43. The van der Waals surface area contributed by atoms with Crippen LogP contribution >= 0.6 is 0 Å². The molecule has 3 rings (SSSR count). The number of para-hydroxylation sites is 1. The van der Waals surface area contributed by atoms with E-state index < -0.39 is 48.7 Å². The molecule has 0 aliphatic carbocycles. The Labute approximate surface area is 208 Å². The smallest absolute Gasteiger partial charge is 0.436 e. The van der Waals surface area contributed by atoms with Gasteiger partial charge in [0.2, 0.25) is 0 Å². The van der Waals surface area contributed by atoms with Crippen LogP contribution in [-0.4, -0.2) is 62.9 Å². The molecule has 0 unspecified atom stereocenters. The number of alkyl carbamates (subject to hydrolysis) is 1. The maximum atomic E-state index is 13.6. The van der Waals surface area contributed by atoms with E-state index in [1.165, 1.54) is 17.3 Å². The van der Waals surface area contributed by atoms with Gasteiger partial charge in [-0.3, -0.25) is 9.59 Å². The van der Waals surface area contributed by atoms with E-state index in [-0.39, 0.29) is 13.2 Å². The minimum absolute atomic E-state index is 0.161. The summed E-state index contributed by atoms with van der Waals surface area (Å²) in [6.45, 7) is -0.625. The van der Waals surface area contributed by atoms with E-state index in [0.29, 0.717) is 16.8 Å². The lowest BCUT2D eigenvalue weighted by Crippen LogP contribution is -2.49. The average Bonchev–Trinajstić information content (AvgIpc) is 2.94. The van der Waals surface area contributed by atoms with Crippen molar-refractivity contribution in [2.24, 2.45) is 0 Å². The van der Waals surface area contributed by atoms with Crippen LogP contribution in [-0.2, 0) is 19.1 Å². The number of amides is 3. The second-order valence-electron chi connectivity index (χ2n) is 8.13. The highest BCUT2D eigenvalue weighted by Gasteiger charge is 2.57. The van der Waals surface area contributed by atoms with Crippen LogP contribution in [0, 0.1) is 0 Å². The molecule has 0 radical (unpaired) electrons. The molecule has 37 heavy (non-hydrogen) atoms. The number of ether oxygens (including phenoxy) is 2. The summed E-state index contributed by atoms with van der Waals surface area (Å²) in [4.78, 5) is 39.6. The summed E-state index contributed by atoms with van der Waals surface area (Å²) in [6.07, 6.45) is -9.16. The molecule has 3 amide bonds. The van der Waals surface area contributed by atoms with Gasteiger partial charge in [0.05, 0.1) is 18.8 Å². The normalized spacial score (nSPS) is 16.2. The average molecular weight is 529 g/mol. The van der Waals surface area contributed by atoms with Gasteiger partial charge in [0.15, 0.2) is 6.10 Å². The Morgan fingerprint density at radius 2 is 1.65 bits per heavy atom. The number of fused-ring (bicyclic) bond motifs is 3. The van der Waals surface area contributed by atoms with Crippen molar-refractivity contribution in [2.45, 2.75) is 31.2 Å². The summed E-state index contributed by atoms with van der Waals surface area (Å²) < 4.78 is 72.7. The first-order chi connectivity index (χ1) is 17.4. The molecule has 1 aliphatic rings. The number of nitrogens with zero attached hydrogens (tertiary/aromatic N) is 1. The summed E-state index contributed by atoms with van der Waals surface area (Å²) in [5.74, 6) is -6.66. The summed E-state index contributed by atoms with van der Waals surface area (Å²) >= 11 is 0. The van der Waals surface area contributed by atoms with Gasteiger partial charge < -0.3 is 25.0 Å². The number of hydrogen-bond acceptors (Lipinski definition) is 5. The van der Waals surface area contributed by atoms with Crippen LogP contribution in [0.4, 0.5) is 32.4 Å². The Bertz CT molecular complexity index is 1160. The molecule has 2 aromatic carbocycles. The number of rotatable bonds is 8. The molecule has 8 nitrogen and oxygen atoms in total. The molecular formula is C24H24F5N3O5. The molecule has 0 saturated carbocycles. The number of benzene rings is 2. The molecule has 13 heteroatoms. The summed E-state index contributed by atoms with van der Waals surface area (Å²) in [6, 6.07) is 12.7. The predicted molar refractivity (Wildman–Crippen MR) is 122 cm³/mol. The van der Waals surface area contributed by atoms with Gasteiger partial charge in [-0.15, -0.1) is 0 Å². The minimum Gasteiger partial charge on any atom is -0.436 e. The fourth-order valence-electron chi connectivity index (χ4n) is 3.69. The second kappa shape index (κ2) is 11.1. The number of hydrogen-bond donors (Lipinski definition) is 2. The number of methoxy groups -OCH3 is 1. The molecule has 1 aliphatic heterocycles. The molecule has 2 N–H and O–H groups in total. The van der Waals surface area contributed by atoms with Crippen molar-refractivity contribution < 1.29 is 45.8 Å². The number of nitrogens with one attached hydrogen (secondary N) is 2. The van der Waals surface area contributed by atoms with Crippen LogP contribution in [0.3, 0.4) is 0 Å². The van der Waals surface area contributed by atoms with Crippen molar-refractivity contribution >= 4 is 23.6 Å². The zero-order valence-corrected chi connectivity index (χ0v) is 19.8. The number of halogens is 5.